The predicted octanol–water partition coefficient (Wildman–Crippen LogP) is 3.17. The van der Waals surface area contributed by atoms with Crippen LogP contribution in [0.25, 0.3) is 10.9 Å². The molecule has 0 atom stereocenters. The highest BCUT2D eigenvalue weighted by atomic mass is 32.1. The summed E-state index contributed by atoms with van der Waals surface area (Å²) in [5.74, 6) is 0. The Labute approximate surface area is 105 Å². The van der Waals surface area contributed by atoms with Gasteiger partial charge >= 0.3 is 0 Å². The topological polar surface area (TPSA) is 37.8 Å². The summed E-state index contributed by atoms with van der Waals surface area (Å²) in [4.78, 5) is 15.4. The SMILES string of the molecule is CCCCn1c(=S)[nH]c2ccc(C)cc2c1=O. The van der Waals surface area contributed by atoms with Gasteiger partial charge in [-0.1, -0.05) is 25.0 Å². The van der Waals surface area contributed by atoms with Gasteiger partial charge in [0.25, 0.3) is 5.56 Å². The molecule has 1 aromatic heterocycles. The summed E-state index contributed by atoms with van der Waals surface area (Å²) in [6.07, 6.45) is 2.02. The van der Waals surface area contributed by atoms with Crippen LogP contribution < -0.4 is 5.56 Å². The zero-order valence-corrected chi connectivity index (χ0v) is 10.9. The molecular weight excluding hydrogens is 232 g/mol. The van der Waals surface area contributed by atoms with Crippen LogP contribution in [0, 0.1) is 11.7 Å². The number of unbranched alkanes of at least 4 members (excludes halogenated alkanes) is 1. The Morgan fingerprint density at radius 3 is 2.88 bits per heavy atom. The lowest BCUT2D eigenvalue weighted by Gasteiger charge is -2.07. The van der Waals surface area contributed by atoms with E-state index in [9.17, 15) is 4.79 Å². The fourth-order valence-corrected chi connectivity index (χ4v) is 2.17. The lowest BCUT2D eigenvalue weighted by atomic mass is 10.2. The van der Waals surface area contributed by atoms with Gasteiger partial charge in [-0.25, -0.2) is 0 Å². The number of nitrogens with zero attached hydrogens (tertiary/aromatic N) is 1. The van der Waals surface area contributed by atoms with E-state index >= 15 is 0 Å². The van der Waals surface area contributed by atoms with Crippen molar-refractivity contribution in [3.63, 3.8) is 0 Å². The van der Waals surface area contributed by atoms with Crippen molar-refractivity contribution in [1.82, 2.24) is 9.55 Å². The third-order valence-corrected chi connectivity index (χ3v) is 3.20. The van der Waals surface area contributed by atoms with Crippen LogP contribution in [0.3, 0.4) is 0 Å². The monoisotopic (exact) mass is 248 g/mol. The molecule has 0 aliphatic carbocycles. The van der Waals surface area contributed by atoms with Crippen LogP contribution in [0.15, 0.2) is 23.0 Å². The molecule has 0 spiro atoms. The smallest absolute Gasteiger partial charge is 0.262 e. The van der Waals surface area contributed by atoms with Crippen LogP contribution in [0.5, 0.6) is 0 Å². The second kappa shape index (κ2) is 4.84. The number of H-pyrrole nitrogens is 1. The van der Waals surface area contributed by atoms with Crippen molar-refractivity contribution in [2.45, 2.75) is 33.2 Å². The Hall–Kier alpha value is -1.42. The molecule has 1 heterocycles. The van der Waals surface area contributed by atoms with Gasteiger partial charge in [-0.15, -0.1) is 0 Å². The molecule has 2 rings (SSSR count). The number of hydrogen-bond acceptors (Lipinski definition) is 2. The van der Waals surface area contributed by atoms with Gasteiger partial charge in [0.1, 0.15) is 0 Å². The molecule has 0 aliphatic rings. The van der Waals surface area contributed by atoms with E-state index in [2.05, 4.69) is 11.9 Å². The molecule has 1 aromatic carbocycles. The standard InChI is InChI=1S/C13H16N2OS/c1-3-4-7-15-12(16)10-8-9(2)5-6-11(10)14-13(15)17/h5-6,8H,3-4,7H2,1-2H3,(H,14,17). The van der Waals surface area contributed by atoms with Crippen molar-refractivity contribution in [3.8, 4) is 0 Å². The zero-order chi connectivity index (χ0) is 12.4. The Balaban J connectivity index is 2.69. The Morgan fingerprint density at radius 2 is 2.18 bits per heavy atom. The minimum atomic E-state index is 0.0147. The first-order chi connectivity index (χ1) is 8.13. The summed E-state index contributed by atoms with van der Waals surface area (Å²) < 4.78 is 2.17. The Kier molecular flexibility index (Phi) is 3.43. The van der Waals surface area contributed by atoms with Gasteiger partial charge in [-0.2, -0.15) is 0 Å². The molecule has 0 fully saturated rings. The van der Waals surface area contributed by atoms with Crippen LogP contribution in [-0.2, 0) is 6.54 Å². The van der Waals surface area contributed by atoms with Crippen LogP contribution >= 0.6 is 12.2 Å². The number of aromatic nitrogens is 2. The van der Waals surface area contributed by atoms with Gasteiger partial charge in [-0.3, -0.25) is 9.36 Å². The number of hydrogen-bond donors (Lipinski definition) is 1. The third kappa shape index (κ3) is 2.31. The number of aromatic amines is 1. The van der Waals surface area contributed by atoms with E-state index in [1.165, 1.54) is 0 Å². The lowest BCUT2D eigenvalue weighted by molar-refractivity contribution is 0.601. The Bertz CT molecular complexity index is 654. The molecule has 3 nitrogen and oxygen atoms in total. The number of fused-ring (bicyclic) bond motifs is 1. The average Bonchev–Trinajstić information content (AvgIpc) is 2.30. The highest BCUT2D eigenvalue weighted by Crippen LogP contribution is 2.09. The molecule has 2 aromatic rings. The molecule has 0 radical (unpaired) electrons. The maximum Gasteiger partial charge on any atom is 0.262 e. The van der Waals surface area contributed by atoms with E-state index in [1.54, 1.807) is 4.57 Å². The van der Waals surface area contributed by atoms with E-state index in [1.807, 2.05) is 25.1 Å². The molecule has 0 saturated heterocycles. The van der Waals surface area contributed by atoms with Crippen molar-refractivity contribution in [3.05, 3.63) is 38.9 Å². The molecule has 90 valence electrons. The quantitative estimate of drug-likeness (QED) is 0.847. The van der Waals surface area contributed by atoms with Crippen LogP contribution in [0.4, 0.5) is 0 Å². The highest BCUT2D eigenvalue weighted by Gasteiger charge is 2.05. The van der Waals surface area contributed by atoms with E-state index < -0.39 is 0 Å². The largest absolute Gasteiger partial charge is 0.332 e. The minimum Gasteiger partial charge on any atom is -0.332 e. The summed E-state index contributed by atoms with van der Waals surface area (Å²) >= 11 is 5.22. The molecule has 1 N–H and O–H groups in total. The fraction of sp³-hybridized carbons (Fsp3) is 0.385. The highest BCUT2D eigenvalue weighted by molar-refractivity contribution is 7.71. The van der Waals surface area contributed by atoms with Crippen molar-refractivity contribution in [2.75, 3.05) is 0 Å². The molecule has 0 aliphatic heterocycles. The maximum absolute atomic E-state index is 12.3. The van der Waals surface area contributed by atoms with E-state index in [-0.39, 0.29) is 5.56 Å². The van der Waals surface area contributed by atoms with E-state index in [0.717, 1.165) is 29.3 Å². The first-order valence-electron chi connectivity index (χ1n) is 5.87. The number of aryl methyl sites for hydroxylation is 1. The first kappa shape index (κ1) is 12.0. The number of nitrogens with one attached hydrogen (secondary N) is 1. The van der Waals surface area contributed by atoms with E-state index in [4.69, 9.17) is 12.2 Å². The summed E-state index contributed by atoms with van der Waals surface area (Å²) in [6, 6.07) is 5.79. The van der Waals surface area contributed by atoms with Crippen LogP contribution in [0.2, 0.25) is 0 Å². The summed E-state index contributed by atoms with van der Waals surface area (Å²) in [5, 5.41) is 0.717. The van der Waals surface area contributed by atoms with Gasteiger partial charge in [0.2, 0.25) is 0 Å². The normalized spacial score (nSPS) is 10.9. The molecular formula is C13H16N2OS. The first-order valence-corrected chi connectivity index (χ1v) is 6.28. The van der Waals surface area contributed by atoms with Crippen molar-refractivity contribution in [2.24, 2.45) is 0 Å². The van der Waals surface area contributed by atoms with E-state index in [0.29, 0.717) is 11.3 Å². The molecule has 0 unspecified atom stereocenters. The van der Waals surface area contributed by atoms with Gasteiger partial charge in [-0.05, 0) is 37.7 Å². The zero-order valence-electron chi connectivity index (χ0n) is 10.1. The second-order valence-electron chi connectivity index (χ2n) is 4.29. The summed E-state index contributed by atoms with van der Waals surface area (Å²) in [7, 11) is 0. The number of rotatable bonds is 3. The molecule has 4 heteroatoms. The fourth-order valence-electron chi connectivity index (χ4n) is 1.88. The predicted molar refractivity (Wildman–Crippen MR) is 73.0 cm³/mol. The molecule has 0 bridgehead atoms. The summed E-state index contributed by atoms with van der Waals surface area (Å²) in [6.45, 7) is 4.77. The van der Waals surface area contributed by atoms with Gasteiger partial charge in [0.05, 0.1) is 10.9 Å². The van der Waals surface area contributed by atoms with Gasteiger partial charge in [0.15, 0.2) is 4.77 Å². The van der Waals surface area contributed by atoms with Crippen molar-refractivity contribution < 1.29 is 0 Å². The van der Waals surface area contributed by atoms with Crippen molar-refractivity contribution >= 4 is 23.1 Å². The van der Waals surface area contributed by atoms with Gasteiger partial charge < -0.3 is 4.98 Å². The summed E-state index contributed by atoms with van der Waals surface area (Å²) in [5.41, 5.74) is 1.92. The third-order valence-electron chi connectivity index (χ3n) is 2.87. The molecule has 0 saturated carbocycles. The van der Waals surface area contributed by atoms with Crippen LogP contribution in [0.1, 0.15) is 25.3 Å². The lowest BCUT2D eigenvalue weighted by Crippen LogP contribution is -2.22. The Morgan fingerprint density at radius 1 is 1.41 bits per heavy atom. The maximum atomic E-state index is 12.3. The van der Waals surface area contributed by atoms with Crippen LogP contribution in [-0.4, -0.2) is 9.55 Å². The average molecular weight is 248 g/mol. The number of benzene rings is 1. The second-order valence-corrected chi connectivity index (χ2v) is 4.68. The van der Waals surface area contributed by atoms with Crippen molar-refractivity contribution in [1.29, 1.82) is 0 Å². The minimum absolute atomic E-state index is 0.0147. The van der Waals surface area contributed by atoms with Gasteiger partial charge in [0, 0.05) is 6.54 Å². The molecule has 17 heavy (non-hydrogen) atoms. The molecule has 0 amide bonds.